The Morgan fingerprint density at radius 2 is 1.88 bits per heavy atom. The SMILES string of the molecule is CC1(C)Cc2c(ccc3ccccc23)/C(=C\C(=O)N2CCCC2)N1. The van der Waals surface area contributed by atoms with Gasteiger partial charge in [-0.25, -0.2) is 0 Å². The second kappa shape index (κ2) is 5.66. The lowest BCUT2D eigenvalue weighted by Crippen LogP contribution is -2.44. The molecule has 2 aliphatic rings. The largest absolute Gasteiger partial charge is 0.379 e. The van der Waals surface area contributed by atoms with E-state index in [0.717, 1.165) is 38.0 Å². The van der Waals surface area contributed by atoms with E-state index in [1.165, 1.54) is 21.9 Å². The Morgan fingerprint density at radius 1 is 1.12 bits per heavy atom. The van der Waals surface area contributed by atoms with Crippen molar-refractivity contribution in [3.8, 4) is 0 Å². The molecular weight excluding hydrogens is 296 g/mol. The molecule has 3 nitrogen and oxygen atoms in total. The molecule has 0 aliphatic carbocycles. The van der Waals surface area contributed by atoms with E-state index >= 15 is 0 Å². The predicted octanol–water partition coefficient (Wildman–Crippen LogP) is 3.73. The van der Waals surface area contributed by atoms with Crippen LogP contribution in [-0.4, -0.2) is 29.4 Å². The Labute approximate surface area is 143 Å². The Bertz CT molecular complexity index is 829. The molecule has 124 valence electrons. The van der Waals surface area contributed by atoms with E-state index in [4.69, 9.17) is 0 Å². The molecule has 0 radical (unpaired) electrons. The number of fused-ring (bicyclic) bond motifs is 3. The molecule has 3 heteroatoms. The van der Waals surface area contributed by atoms with Gasteiger partial charge in [-0.15, -0.1) is 0 Å². The zero-order valence-electron chi connectivity index (χ0n) is 14.4. The molecule has 1 N–H and O–H groups in total. The van der Waals surface area contributed by atoms with Gasteiger partial charge in [0.2, 0.25) is 5.91 Å². The summed E-state index contributed by atoms with van der Waals surface area (Å²) < 4.78 is 0. The van der Waals surface area contributed by atoms with Crippen LogP contribution >= 0.6 is 0 Å². The summed E-state index contributed by atoms with van der Waals surface area (Å²) in [5.41, 5.74) is 3.41. The summed E-state index contributed by atoms with van der Waals surface area (Å²) in [5.74, 6) is 0.131. The minimum absolute atomic E-state index is 0.0613. The second-order valence-electron chi connectivity index (χ2n) is 7.59. The van der Waals surface area contributed by atoms with Crippen LogP contribution in [0, 0.1) is 0 Å². The fourth-order valence-corrected chi connectivity index (χ4v) is 3.96. The number of amides is 1. The summed E-state index contributed by atoms with van der Waals surface area (Å²) in [6.45, 7) is 6.17. The van der Waals surface area contributed by atoms with Gasteiger partial charge in [-0.1, -0.05) is 36.4 Å². The standard InChI is InChI=1S/C21H24N2O/c1-21(2)14-18-16-8-4-3-7-15(16)9-10-17(18)19(22-21)13-20(24)23-11-5-6-12-23/h3-4,7-10,13,22H,5-6,11-12,14H2,1-2H3/b19-13+. The van der Waals surface area contributed by atoms with E-state index in [1.54, 1.807) is 6.08 Å². The first-order chi connectivity index (χ1) is 11.5. The summed E-state index contributed by atoms with van der Waals surface area (Å²) in [7, 11) is 0. The Balaban J connectivity index is 1.82. The number of rotatable bonds is 1. The van der Waals surface area contributed by atoms with Gasteiger partial charge in [0, 0.05) is 36.0 Å². The van der Waals surface area contributed by atoms with Crippen molar-refractivity contribution in [2.24, 2.45) is 0 Å². The van der Waals surface area contributed by atoms with Crippen LogP contribution in [0.15, 0.2) is 42.5 Å². The van der Waals surface area contributed by atoms with E-state index in [1.807, 2.05) is 4.90 Å². The first-order valence-corrected chi connectivity index (χ1v) is 8.83. The number of nitrogens with zero attached hydrogens (tertiary/aromatic N) is 1. The van der Waals surface area contributed by atoms with Gasteiger partial charge >= 0.3 is 0 Å². The van der Waals surface area contributed by atoms with Gasteiger partial charge in [0.25, 0.3) is 0 Å². The Kier molecular flexibility index (Phi) is 3.60. The van der Waals surface area contributed by atoms with E-state index in [0.29, 0.717) is 0 Å². The molecule has 2 heterocycles. The highest BCUT2D eigenvalue weighted by atomic mass is 16.2. The number of likely N-dealkylation sites (tertiary alicyclic amines) is 1. The topological polar surface area (TPSA) is 32.3 Å². The van der Waals surface area contributed by atoms with Gasteiger partial charge in [-0.2, -0.15) is 0 Å². The molecule has 0 spiro atoms. The molecule has 0 unspecified atom stereocenters. The van der Waals surface area contributed by atoms with E-state index < -0.39 is 0 Å². The molecule has 0 atom stereocenters. The molecular formula is C21H24N2O. The highest BCUT2D eigenvalue weighted by Crippen LogP contribution is 2.34. The summed E-state index contributed by atoms with van der Waals surface area (Å²) in [4.78, 5) is 14.6. The van der Waals surface area contributed by atoms with Gasteiger partial charge in [0.1, 0.15) is 0 Å². The molecule has 4 rings (SSSR count). The highest BCUT2D eigenvalue weighted by Gasteiger charge is 2.29. The molecule has 24 heavy (non-hydrogen) atoms. The van der Waals surface area contributed by atoms with Crippen LogP contribution in [0.25, 0.3) is 16.5 Å². The third kappa shape index (κ3) is 2.68. The molecule has 1 fully saturated rings. The van der Waals surface area contributed by atoms with Crippen molar-refractivity contribution in [1.82, 2.24) is 10.2 Å². The van der Waals surface area contributed by atoms with Crippen LogP contribution in [0.5, 0.6) is 0 Å². The van der Waals surface area contributed by atoms with Crippen LogP contribution in [0.1, 0.15) is 37.8 Å². The van der Waals surface area contributed by atoms with Gasteiger partial charge in [-0.3, -0.25) is 4.79 Å². The Hall–Kier alpha value is -2.29. The maximum atomic E-state index is 12.6. The van der Waals surface area contributed by atoms with Crippen LogP contribution in [0.2, 0.25) is 0 Å². The smallest absolute Gasteiger partial charge is 0.248 e. The van der Waals surface area contributed by atoms with E-state index in [2.05, 4.69) is 55.6 Å². The lowest BCUT2D eigenvalue weighted by molar-refractivity contribution is -0.124. The molecule has 0 bridgehead atoms. The van der Waals surface area contributed by atoms with Crippen molar-refractivity contribution >= 4 is 22.4 Å². The first-order valence-electron chi connectivity index (χ1n) is 8.83. The lowest BCUT2D eigenvalue weighted by atomic mass is 9.83. The summed E-state index contributed by atoms with van der Waals surface area (Å²) in [6.07, 6.45) is 5.00. The predicted molar refractivity (Wildman–Crippen MR) is 98.7 cm³/mol. The maximum absolute atomic E-state index is 12.6. The van der Waals surface area contributed by atoms with Crippen LogP contribution < -0.4 is 5.32 Å². The van der Waals surface area contributed by atoms with E-state index in [9.17, 15) is 4.79 Å². The third-order valence-corrected chi connectivity index (χ3v) is 5.11. The van der Waals surface area contributed by atoms with Gasteiger partial charge in [0.15, 0.2) is 0 Å². The molecule has 0 saturated carbocycles. The first kappa shape index (κ1) is 15.3. The number of hydrogen-bond donors (Lipinski definition) is 1. The number of hydrogen-bond acceptors (Lipinski definition) is 2. The van der Waals surface area contributed by atoms with Crippen molar-refractivity contribution in [3.63, 3.8) is 0 Å². The average Bonchev–Trinajstić information content (AvgIpc) is 3.08. The number of carbonyl (C=O) groups excluding carboxylic acids is 1. The fourth-order valence-electron chi connectivity index (χ4n) is 3.96. The quantitative estimate of drug-likeness (QED) is 0.812. The normalized spacial score (nSPS) is 20.9. The second-order valence-corrected chi connectivity index (χ2v) is 7.59. The molecule has 1 saturated heterocycles. The zero-order valence-corrected chi connectivity index (χ0v) is 14.4. The van der Waals surface area contributed by atoms with Crippen molar-refractivity contribution in [1.29, 1.82) is 0 Å². The summed E-state index contributed by atoms with van der Waals surface area (Å²) in [5, 5.41) is 6.14. The van der Waals surface area contributed by atoms with Crippen LogP contribution in [-0.2, 0) is 11.2 Å². The third-order valence-electron chi connectivity index (χ3n) is 5.11. The van der Waals surface area contributed by atoms with Gasteiger partial charge in [-0.05, 0) is 49.4 Å². The van der Waals surface area contributed by atoms with Crippen molar-refractivity contribution in [2.75, 3.05) is 13.1 Å². The maximum Gasteiger partial charge on any atom is 0.248 e. The fraction of sp³-hybridized carbons (Fsp3) is 0.381. The van der Waals surface area contributed by atoms with Crippen molar-refractivity contribution in [3.05, 3.63) is 53.6 Å². The van der Waals surface area contributed by atoms with Crippen molar-refractivity contribution < 1.29 is 4.79 Å². The molecule has 1 amide bonds. The number of benzene rings is 2. The molecule has 2 aliphatic heterocycles. The van der Waals surface area contributed by atoms with Gasteiger partial charge < -0.3 is 10.2 Å². The minimum Gasteiger partial charge on any atom is -0.379 e. The summed E-state index contributed by atoms with van der Waals surface area (Å²) >= 11 is 0. The Morgan fingerprint density at radius 3 is 2.67 bits per heavy atom. The molecule has 2 aromatic rings. The molecule has 0 aromatic heterocycles. The minimum atomic E-state index is -0.0613. The monoisotopic (exact) mass is 320 g/mol. The van der Waals surface area contributed by atoms with Crippen molar-refractivity contribution in [2.45, 2.75) is 38.6 Å². The van der Waals surface area contributed by atoms with Gasteiger partial charge in [0.05, 0.1) is 0 Å². The number of carbonyl (C=O) groups is 1. The number of nitrogens with one attached hydrogen (secondary N) is 1. The van der Waals surface area contributed by atoms with E-state index in [-0.39, 0.29) is 11.4 Å². The molecule has 2 aromatic carbocycles. The highest BCUT2D eigenvalue weighted by molar-refractivity contribution is 5.98. The zero-order chi connectivity index (χ0) is 16.7. The lowest BCUT2D eigenvalue weighted by Gasteiger charge is -2.36. The van der Waals surface area contributed by atoms with Crippen LogP contribution in [0.4, 0.5) is 0 Å². The average molecular weight is 320 g/mol. The van der Waals surface area contributed by atoms with Crippen LogP contribution in [0.3, 0.4) is 0 Å². The summed E-state index contributed by atoms with van der Waals surface area (Å²) in [6, 6.07) is 12.8.